The monoisotopic (exact) mass is 229 g/mol. The molecule has 1 heterocycles. The van der Waals surface area contributed by atoms with Gasteiger partial charge in [-0.2, -0.15) is 15.0 Å². The quantitative estimate of drug-likeness (QED) is 0.809. The average molecular weight is 230 g/mol. The Morgan fingerprint density at radius 1 is 1.40 bits per heavy atom. The number of hydrogen-bond acceptors (Lipinski definition) is 5. The zero-order valence-electron chi connectivity index (χ0n) is 9.00. The minimum atomic E-state index is 0.118. The predicted molar refractivity (Wildman–Crippen MR) is 61.9 cm³/mol. The van der Waals surface area contributed by atoms with Crippen LogP contribution in [0.15, 0.2) is 0 Å². The predicted octanol–water partition coefficient (Wildman–Crippen LogP) is 2.10. The van der Waals surface area contributed by atoms with Crippen molar-refractivity contribution in [2.45, 2.75) is 39.2 Å². The Balaban J connectivity index is 2.56. The smallest absolute Gasteiger partial charge is 0.229 e. The summed E-state index contributed by atoms with van der Waals surface area (Å²) in [5.74, 6) is 0.580. The highest BCUT2D eigenvalue weighted by molar-refractivity contribution is 6.28. The van der Waals surface area contributed by atoms with Gasteiger partial charge in [0.05, 0.1) is 0 Å². The van der Waals surface area contributed by atoms with Gasteiger partial charge in [0, 0.05) is 6.04 Å². The molecule has 0 saturated heterocycles. The molecule has 1 unspecified atom stereocenters. The van der Waals surface area contributed by atoms with Crippen LogP contribution in [0.3, 0.4) is 0 Å². The summed E-state index contributed by atoms with van der Waals surface area (Å²) in [4.78, 5) is 11.6. The Labute approximate surface area is 94.5 Å². The van der Waals surface area contributed by atoms with Crippen LogP contribution >= 0.6 is 11.6 Å². The molecule has 1 aromatic rings. The van der Waals surface area contributed by atoms with Gasteiger partial charge in [0.1, 0.15) is 0 Å². The second-order valence-electron chi connectivity index (χ2n) is 3.47. The third kappa shape index (κ3) is 4.29. The van der Waals surface area contributed by atoms with Crippen LogP contribution in [-0.4, -0.2) is 21.0 Å². The fraction of sp³-hybridized carbons (Fsp3) is 0.667. The molecule has 0 spiro atoms. The third-order valence-electron chi connectivity index (χ3n) is 1.99. The van der Waals surface area contributed by atoms with Gasteiger partial charge < -0.3 is 11.1 Å². The van der Waals surface area contributed by atoms with E-state index < -0.39 is 0 Å². The first kappa shape index (κ1) is 12.0. The molecule has 84 valence electrons. The van der Waals surface area contributed by atoms with Crippen LogP contribution in [-0.2, 0) is 0 Å². The highest BCUT2D eigenvalue weighted by Crippen LogP contribution is 2.10. The first-order chi connectivity index (χ1) is 7.11. The maximum atomic E-state index is 5.66. The van der Waals surface area contributed by atoms with E-state index in [0.717, 1.165) is 6.42 Å². The molecule has 3 N–H and O–H groups in total. The van der Waals surface area contributed by atoms with Gasteiger partial charge in [-0.25, -0.2) is 0 Å². The Bertz CT molecular complexity index is 297. The summed E-state index contributed by atoms with van der Waals surface area (Å²) in [5, 5.41) is 3.25. The van der Waals surface area contributed by atoms with E-state index in [-0.39, 0.29) is 11.2 Å². The maximum Gasteiger partial charge on any atom is 0.229 e. The van der Waals surface area contributed by atoms with E-state index in [9.17, 15) is 0 Å². The topological polar surface area (TPSA) is 76.7 Å². The van der Waals surface area contributed by atoms with Gasteiger partial charge in [-0.1, -0.05) is 19.8 Å². The zero-order chi connectivity index (χ0) is 11.3. The molecule has 0 radical (unpaired) electrons. The number of halogens is 1. The highest BCUT2D eigenvalue weighted by Gasteiger charge is 2.06. The van der Waals surface area contributed by atoms with Crippen LogP contribution in [0.2, 0.25) is 5.28 Å². The van der Waals surface area contributed by atoms with Crippen molar-refractivity contribution in [2.24, 2.45) is 0 Å². The number of aromatic nitrogens is 3. The average Bonchev–Trinajstić information content (AvgIpc) is 2.13. The van der Waals surface area contributed by atoms with E-state index in [0.29, 0.717) is 12.0 Å². The zero-order valence-corrected chi connectivity index (χ0v) is 9.75. The van der Waals surface area contributed by atoms with Crippen molar-refractivity contribution < 1.29 is 0 Å². The molecule has 1 atom stereocenters. The molecule has 0 aromatic carbocycles. The normalized spacial score (nSPS) is 12.5. The van der Waals surface area contributed by atoms with Gasteiger partial charge >= 0.3 is 0 Å². The van der Waals surface area contributed by atoms with Crippen LogP contribution in [0.4, 0.5) is 11.9 Å². The van der Waals surface area contributed by atoms with Crippen molar-refractivity contribution >= 4 is 23.5 Å². The maximum absolute atomic E-state index is 5.66. The third-order valence-corrected chi connectivity index (χ3v) is 2.16. The summed E-state index contributed by atoms with van der Waals surface area (Å²) in [6.07, 6.45) is 3.41. The molecule has 0 bridgehead atoms. The Morgan fingerprint density at radius 3 is 2.73 bits per heavy atom. The first-order valence-corrected chi connectivity index (χ1v) is 5.43. The van der Waals surface area contributed by atoms with E-state index in [4.69, 9.17) is 17.3 Å². The van der Waals surface area contributed by atoms with Crippen molar-refractivity contribution in [3.8, 4) is 0 Å². The van der Waals surface area contributed by atoms with E-state index in [1.165, 1.54) is 12.8 Å². The van der Waals surface area contributed by atoms with Crippen molar-refractivity contribution in [2.75, 3.05) is 11.1 Å². The minimum absolute atomic E-state index is 0.118. The second-order valence-corrected chi connectivity index (χ2v) is 3.81. The number of nitrogens with zero attached hydrogens (tertiary/aromatic N) is 3. The molecule has 6 heteroatoms. The standard InChI is InChI=1S/C9H16ClN5/c1-3-4-5-6(2)12-9-14-7(10)13-8(11)15-9/h6H,3-5H2,1-2H3,(H3,11,12,13,14,15). The van der Waals surface area contributed by atoms with Crippen molar-refractivity contribution in [3.63, 3.8) is 0 Å². The van der Waals surface area contributed by atoms with Gasteiger partial charge in [-0.05, 0) is 24.9 Å². The molecule has 0 amide bonds. The molecule has 0 aliphatic carbocycles. The first-order valence-electron chi connectivity index (χ1n) is 5.05. The summed E-state index contributed by atoms with van der Waals surface area (Å²) in [6.45, 7) is 4.23. The molecular formula is C9H16ClN5. The Morgan fingerprint density at radius 2 is 2.13 bits per heavy atom. The fourth-order valence-electron chi connectivity index (χ4n) is 1.23. The van der Waals surface area contributed by atoms with E-state index in [2.05, 4.69) is 34.1 Å². The van der Waals surface area contributed by atoms with Gasteiger partial charge in [0.15, 0.2) is 0 Å². The molecule has 1 aromatic heterocycles. The van der Waals surface area contributed by atoms with Crippen LogP contribution in [0.5, 0.6) is 0 Å². The molecule has 0 saturated carbocycles. The van der Waals surface area contributed by atoms with Crippen molar-refractivity contribution in [1.29, 1.82) is 0 Å². The lowest BCUT2D eigenvalue weighted by Crippen LogP contribution is -2.17. The van der Waals surface area contributed by atoms with Crippen LogP contribution in [0.25, 0.3) is 0 Å². The van der Waals surface area contributed by atoms with Crippen molar-refractivity contribution in [1.82, 2.24) is 15.0 Å². The van der Waals surface area contributed by atoms with Gasteiger partial charge in [0.2, 0.25) is 17.2 Å². The largest absolute Gasteiger partial charge is 0.368 e. The fourth-order valence-corrected chi connectivity index (χ4v) is 1.40. The summed E-state index contributed by atoms with van der Waals surface area (Å²) in [7, 11) is 0. The van der Waals surface area contributed by atoms with Gasteiger partial charge in [0.25, 0.3) is 0 Å². The lowest BCUT2D eigenvalue weighted by molar-refractivity contribution is 0.640. The summed E-state index contributed by atoms with van der Waals surface area (Å²) in [5.41, 5.74) is 5.45. The molecule has 0 fully saturated rings. The van der Waals surface area contributed by atoms with Crippen LogP contribution < -0.4 is 11.1 Å². The molecule has 5 nitrogen and oxygen atoms in total. The number of hydrogen-bond donors (Lipinski definition) is 2. The van der Waals surface area contributed by atoms with Crippen LogP contribution in [0, 0.1) is 0 Å². The summed E-state index contributed by atoms with van der Waals surface area (Å²) >= 11 is 5.66. The summed E-state index contributed by atoms with van der Waals surface area (Å²) < 4.78 is 0. The number of nitrogen functional groups attached to an aromatic ring is 1. The van der Waals surface area contributed by atoms with Crippen molar-refractivity contribution in [3.05, 3.63) is 5.28 Å². The molecule has 0 aliphatic heterocycles. The number of unbranched alkanes of at least 4 members (excludes halogenated alkanes) is 1. The van der Waals surface area contributed by atoms with Gasteiger partial charge in [-0.15, -0.1) is 0 Å². The highest BCUT2D eigenvalue weighted by atomic mass is 35.5. The lowest BCUT2D eigenvalue weighted by atomic mass is 10.1. The molecule has 1 rings (SSSR count). The molecular weight excluding hydrogens is 214 g/mol. The molecule has 15 heavy (non-hydrogen) atoms. The SMILES string of the molecule is CCCCC(C)Nc1nc(N)nc(Cl)n1. The number of rotatable bonds is 5. The summed E-state index contributed by atoms with van der Waals surface area (Å²) in [6, 6.07) is 0.308. The number of nitrogens with one attached hydrogen (secondary N) is 1. The van der Waals surface area contributed by atoms with E-state index in [1.807, 2.05) is 0 Å². The second kappa shape index (κ2) is 5.70. The number of anilines is 2. The van der Waals surface area contributed by atoms with E-state index >= 15 is 0 Å². The Kier molecular flexibility index (Phi) is 4.55. The number of nitrogens with two attached hydrogens (primary N) is 1. The van der Waals surface area contributed by atoms with Crippen LogP contribution in [0.1, 0.15) is 33.1 Å². The minimum Gasteiger partial charge on any atom is -0.368 e. The van der Waals surface area contributed by atoms with E-state index in [1.54, 1.807) is 0 Å². The van der Waals surface area contributed by atoms with Gasteiger partial charge in [-0.3, -0.25) is 0 Å². The lowest BCUT2D eigenvalue weighted by Gasteiger charge is -2.12. The Hall–Kier alpha value is -1.10. The molecule has 0 aliphatic rings.